The highest BCUT2D eigenvalue weighted by atomic mass is 16.3. The lowest BCUT2D eigenvalue weighted by Gasteiger charge is -2.24. The Kier molecular flexibility index (Phi) is 5.10. The van der Waals surface area contributed by atoms with Gasteiger partial charge in [-0.05, 0) is 60.7 Å². The molecular formula is C19H22O3. The number of aromatic hydroxyl groups is 2. The van der Waals surface area contributed by atoms with E-state index in [0.717, 1.165) is 17.5 Å². The van der Waals surface area contributed by atoms with Crippen molar-refractivity contribution in [2.24, 2.45) is 5.92 Å². The number of benzene rings is 2. The van der Waals surface area contributed by atoms with Crippen molar-refractivity contribution in [3.63, 3.8) is 0 Å². The summed E-state index contributed by atoms with van der Waals surface area (Å²) in [5, 5.41) is 28.4. The second-order valence-electron chi connectivity index (χ2n) is 5.72. The van der Waals surface area contributed by atoms with Gasteiger partial charge in [0.2, 0.25) is 0 Å². The SMILES string of the molecule is C/C(O)=C\CC(C)C(c1ccc(O)cc1)c1ccc(O)cc1. The van der Waals surface area contributed by atoms with Crippen LogP contribution in [0.5, 0.6) is 11.5 Å². The molecule has 0 aromatic heterocycles. The van der Waals surface area contributed by atoms with Gasteiger partial charge in [-0.25, -0.2) is 0 Å². The number of phenols is 2. The largest absolute Gasteiger partial charge is 0.513 e. The summed E-state index contributed by atoms with van der Waals surface area (Å²) in [4.78, 5) is 0. The van der Waals surface area contributed by atoms with E-state index in [9.17, 15) is 15.3 Å². The van der Waals surface area contributed by atoms with Gasteiger partial charge in [0.15, 0.2) is 0 Å². The molecule has 2 aromatic rings. The summed E-state index contributed by atoms with van der Waals surface area (Å²) < 4.78 is 0. The van der Waals surface area contributed by atoms with Crippen LogP contribution < -0.4 is 0 Å². The van der Waals surface area contributed by atoms with Crippen molar-refractivity contribution in [2.75, 3.05) is 0 Å². The minimum Gasteiger partial charge on any atom is -0.513 e. The number of hydrogen-bond acceptors (Lipinski definition) is 3. The topological polar surface area (TPSA) is 60.7 Å². The number of phenolic OH excluding ortho intramolecular Hbond substituents is 2. The Morgan fingerprint density at radius 3 is 1.68 bits per heavy atom. The predicted octanol–water partition coefficient (Wildman–Crippen LogP) is 4.72. The molecule has 0 aliphatic heterocycles. The third-order valence-electron chi connectivity index (χ3n) is 3.86. The van der Waals surface area contributed by atoms with Crippen molar-refractivity contribution in [1.29, 1.82) is 0 Å². The molecule has 0 heterocycles. The zero-order valence-electron chi connectivity index (χ0n) is 12.9. The quantitative estimate of drug-likeness (QED) is 0.700. The van der Waals surface area contributed by atoms with Crippen molar-refractivity contribution in [1.82, 2.24) is 0 Å². The van der Waals surface area contributed by atoms with Crippen molar-refractivity contribution in [3.05, 3.63) is 71.5 Å². The molecule has 0 saturated heterocycles. The summed E-state index contributed by atoms with van der Waals surface area (Å²) in [5.74, 6) is 1.19. The van der Waals surface area contributed by atoms with E-state index in [1.165, 1.54) is 0 Å². The zero-order valence-corrected chi connectivity index (χ0v) is 12.9. The third kappa shape index (κ3) is 4.04. The third-order valence-corrected chi connectivity index (χ3v) is 3.86. The summed E-state index contributed by atoms with van der Waals surface area (Å²) in [6, 6.07) is 14.4. The van der Waals surface area contributed by atoms with Crippen LogP contribution in [0, 0.1) is 5.92 Å². The zero-order chi connectivity index (χ0) is 16.1. The highest BCUT2D eigenvalue weighted by Crippen LogP contribution is 2.35. The second kappa shape index (κ2) is 7.03. The van der Waals surface area contributed by atoms with Gasteiger partial charge in [0.25, 0.3) is 0 Å². The van der Waals surface area contributed by atoms with Crippen LogP contribution in [0.15, 0.2) is 60.4 Å². The number of rotatable bonds is 5. The fourth-order valence-corrected chi connectivity index (χ4v) is 2.71. The monoisotopic (exact) mass is 298 g/mol. The highest BCUT2D eigenvalue weighted by Gasteiger charge is 2.21. The molecule has 1 atom stereocenters. The van der Waals surface area contributed by atoms with Crippen LogP contribution in [0.1, 0.15) is 37.3 Å². The Labute approximate surface area is 131 Å². The highest BCUT2D eigenvalue weighted by molar-refractivity contribution is 5.38. The van der Waals surface area contributed by atoms with Crippen LogP contribution in [-0.4, -0.2) is 15.3 Å². The van der Waals surface area contributed by atoms with E-state index in [1.54, 1.807) is 31.2 Å². The first-order valence-electron chi connectivity index (χ1n) is 7.41. The van der Waals surface area contributed by atoms with Crippen LogP contribution in [0.4, 0.5) is 0 Å². The fourth-order valence-electron chi connectivity index (χ4n) is 2.71. The molecule has 0 aliphatic carbocycles. The number of hydrogen-bond donors (Lipinski definition) is 3. The average molecular weight is 298 g/mol. The second-order valence-corrected chi connectivity index (χ2v) is 5.72. The summed E-state index contributed by atoms with van der Waals surface area (Å²) in [5.41, 5.74) is 2.19. The standard InChI is InChI=1S/C19H22O3/c1-13(3-4-14(2)20)19(15-5-9-17(21)10-6-15)16-7-11-18(22)12-8-16/h4-13,19-22H,3H2,1-2H3/b14-4+. The Morgan fingerprint density at radius 1 is 0.909 bits per heavy atom. The van der Waals surface area contributed by atoms with Crippen LogP contribution in [0.3, 0.4) is 0 Å². The maximum atomic E-state index is 9.48. The van der Waals surface area contributed by atoms with E-state index < -0.39 is 0 Å². The summed E-state index contributed by atoms with van der Waals surface area (Å²) in [7, 11) is 0. The van der Waals surface area contributed by atoms with Gasteiger partial charge < -0.3 is 15.3 Å². The maximum Gasteiger partial charge on any atom is 0.115 e. The van der Waals surface area contributed by atoms with Crippen LogP contribution >= 0.6 is 0 Å². The molecule has 0 radical (unpaired) electrons. The molecule has 116 valence electrons. The van der Waals surface area contributed by atoms with Crippen molar-refractivity contribution in [2.45, 2.75) is 26.2 Å². The first-order valence-corrected chi connectivity index (χ1v) is 7.41. The van der Waals surface area contributed by atoms with E-state index in [1.807, 2.05) is 30.3 Å². The average Bonchev–Trinajstić information content (AvgIpc) is 2.49. The molecule has 0 spiro atoms. The van der Waals surface area contributed by atoms with Crippen LogP contribution in [0.2, 0.25) is 0 Å². The lowest BCUT2D eigenvalue weighted by atomic mass is 9.80. The molecule has 22 heavy (non-hydrogen) atoms. The molecule has 0 aliphatic rings. The molecule has 0 fully saturated rings. The number of allylic oxidation sites excluding steroid dienone is 2. The molecule has 0 saturated carbocycles. The minimum atomic E-state index is 0.122. The molecule has 2 rings (SSSR count). The van der Waals surface area contributed by atoms with Crippen molar-refractivity contribution < 1.29 is 15.3 Å². The molecule has 0 amide bonds. The first-order chi connectivity index (χ1) is 10.5. The summed E-state index contributed by atoms with van der Waals surface area (Å²) in [6.45, 7) is 3.80. The smallest absolute Gasteiger partial charge is 0.115 e. The lowest BCUT2D eigenvalue weighted by Crippen LogP contribution is -2.11. The maximum absolute atomic E-state index is 9.48. The molecule has 2 aromatic carbocycles. The normalized spacial score (nSPS) is 13.3. The van der Waals surface area contributed by atoms with E-state index in [0.29, 0.717) is 5.76 Å². The van der Waals surface area contributed by atoms with E-state index in [-0.39, 0.29) is 23.3 Å². The fraction of sp³-hybridized carbons (Fsp3) is 0.263. The van der Waals surface area contributed by atoms with Crippen molar-refractivity contribution in [3.8, 4) is 11.5 Å². The van der Waals surface area contributed by atoms with Gasteiger partial charge in [-0.15, -0.1) is 0 Å². The van der Waals surface area contributed by atoms with Gasteiger partial charge in [-0.2, -0.15) is 0 Å². The molecular weight excluding hydrogens is 276 g/mol. The predicted molar refractivity (Wildman–Crippen MR) is 88.2 cm³/mol. The summed E-state index contributed by atoms with van der Waals surface area (Å²) >= 11 is 0. The lowest BCUT2D eigenvalue weighted by molar-refractivity contribution is 0.405. The van der Waals surface area contributed by atoms with Gasteiger partial charge in [0.1, 0.15) is 11.5 Å². The Morgan fingerprint density at radius 2 is 1.32 bits per heavy atom. The molecule has 0 bridgehead atoms. The van der Waals surface area contributed by atoms with Gasteiger partial charge in [0, 0.05) is 5.92 Å². The minimum absolute atomic E-state index is 0.122. The van der Waals surface area contributed by atoms with Gasteiger partial charge in [0.05, 0.1) is 5.76 Å². The number of aliphatic hydroxyl groups is 1. The molecule has 3 N–H and O–H groups in total. The Hall–Kier alpha value is -2.42. The van der Waals surface area contributed by atoms with E-state index >= 15 is 0 Å². The van der Waals surface area contributed by atoms with Crippen molar-refractivity contribution >= 4 is 0 Å². The number of aliphatic hydroxyl groups excluding tert-OH is 1. The van der Waals surface area contributed by atoms with E-state index in [4.69, 9.17) is 0 Å². The van der Waals surface area contributed by atoms with Gasteiger partial charge >= 0.3 is 0 Å². The van der Waals surface area contributed by atoms with Crippen LogP contribution in [0.25, 0.3) is 0 Å². The Balaban J connectivity index is 2.37. The molecule has 3 heteroatoms. The van der Waals surface area contributed by atoms with E-state index in [2.05, 4.69) is 6.92 Å². The van der Waals surface area contributed by atoms with Gasteiger partial charge in [-0.3, -0.25) is 0 Å². The van der Waals surface area contributed by atoms with Crippen LogP contribution in [-0.2, 0) is 0 Å². The molecule has 3 nitrogen and oxygen atoms in total. The Bertz CT molecular complexity index is 577. The molecule has 1 unspecified atom stereocenters. The van der Waals surface area contributed by atoms with Gasteiger partial charge in [-0.1, -0.05) is 31.2 Å². The first kappa shape index (κ1) is 16.0. The summed E-state index contributed by atoms with van der Waals surface area (Å²) in [6.07, 6.45) is 2.56.